The number of piperidine rings is 1. The third kappa shape index (κ3) is 4.35. The quantitative estimate of drug-likeness (QED) is 0.869. The number of aryl methyl sites for hydroxylation is 2. The van der Waals surface area contributed by atoms with E-state index in [9.17, 15) is 4.79 Å². The molecule has 1 aromatic carbocycles. The normalized spacial score (nSPS) is 16.3. The highest BCUT2D eigenvalue weighted by atomic mass is 16.1. The molecule has 1 saturated heterocycles. The van der Waals surface area contributed by atoms with Gasteiger partial charge in [0.1, 0.15) is 0 Å². The summed E-state index contributed by atoms with van der Waals surface area (Å²) in [6, 6.07) is 6.57. The van der Waals surface area contributed by atoms with Crippen molar-refractivity contribution < 1.29 is 4.79 Å². The van der Waals surface area contributed by atoms with Gasteiger partial charge >= 0.3 is 0 Å². The molecule has 1 aliphatic rings. The molecule has 0 radical (unpaired) electrons. The lowest BCUT2D eigenvalue weighted by molar-refractivity contribution is -0.125. The van der Waals surface area contributed by atoms with Crippen molar-refractivity contribution in [1.82, 2.24) is 10.6 Å². The van der Waals surface area contributed by atoms with Crippen LogP contribution in [0.1, 0.15) is 29.5 Å². The molecule has 2 rings (SSSR count). The van der Waals surface area contributed by atoms with E-state index in [1.807, 2.05) is 0 Å². The minimum atomic E-state index is 0.209. The van der Waals surface area contributed by atoms with Gasteiger partial charge in [0.15, 0.2) is 0 Å². The van der Waals surface area contributed by atoms with Crippen molar-refractivity contribution in [2.75, 3.05) is 19.6 Å². The zero-order chi connectivity index (χ0) is 13.7. The molecular weight excluding hydrogens is 236 g/mol. The van der Waals surface area contributed by atoms with Crippen molar-refractivity contribution in [2.45, 2.75) is 33.1 Å². The molecule has 0 saturated carbocycles. The van der Waals surface area contributed by atoms with Crippen molar-refractivity contribution >= 4 is 5.91 Å². The number of carbonyl (C=O) groups is 1. The maximum Gasteiger partial charge on any atom is 0.223 e. The molecule has 1 heterocycles. The van der Waals surface area contributed by atoms with Crippen LogP contribution in [-0.4, -0.2) is 25.5 Å². The van der Waals surface area contributed by atoms with Crippen molar-refractivity contribution in [2.24, 2.45) is 5.92 Å². The van der Waals surface area contributed by atoms with E-state index >= 15 is 0 Å². The van der Waals surface area contributed by atoms with E-state index in [1.54, 1.807) is 0 Å². The highest BCUT2D eigenvalue weighted by Crippen LogP contribution is 2.12. The molecule has 3 nitrogen and oxygen atoms in total. The predicted octanol–water partition coefficient (Wildman–Crippen LogP) is 1.96. The summed E-state index contributed by atoms with van der Waals surface area (Å²) in [5.41, 5.74) is 3.89. The Balaban J connectivity index is 1.77. The monoisotopic (exact) mass is 260 g/mol. The van der Waals surface area contributed by atoms with Gasteiger partial charge in [-0.3, -0.25) is 4.79 Å². The minimum Gasteiger partial charge on any atom is -0.356 e. The molecule has 1 aliphatic heterocycles. The molecule has 1 fully saturated rings. The van der Waals surface area contributed by atoms with Crippen LogP contribution in [0.25, 0.3) is 0 Å². The summed E-state index contributed by atoms with van der Waals surface area (Å²) < 4.78 is 0. The van der Waals surface area contributed by atoms with Gasteiger partial charge in [-0.25, -0.2) is 0 Å². The van der Waals surface area contributed by atoms with Crippen LogP contribution in [0, 0.1) is 19.8 Å². The van der Waals surface area contributed by atoms with Crippen LogP contribution in [-0.2, 0) is 11.2 Å². The van der Waals surface area contributed by atoms with E-state index in [1.165, 1.54) is 16.7 Å². The van der Waals surface area contributed by atoms with Crippen LogP contribution in [0.2, 0.25) is 0 Å². The molecule has 0 aromatic heterocycles. The zero-order valence-corrected chi connectivity index (χ0v) is 12.0. The minimum absolute atomic E-state index is 0.209. The zero-order valence-electron chi connectivity index (χ0n) is 12.0. The maximum absolute atomic E-state index is 12.0. The summed E-state index contributed by atoms with van der Waals surface area (Å²) in [6.07, 6.45) is 2.85. The average molecular weight is 260 g/mol. The molecule has 0 atom stereocenters. The van der Waals surface area contributed by atoms with Gasteiger partial charge in [-0.05, 0) is 51.8 Å². The number of nitrogens with one attached hydrogen (secondary N) is 2. The van der Waals surface area contributed by atoms with Crippen molar-refractivity contribution in [1.29, 1.82) is 0 Å². The first kappa shape index (κ1) is 14.1. The fourth-order valence-corrected chi connectivity index (χ4v) is 2.77. The topological polar surface area (TPSA) is 41.1 Å². The van der Waals surface area contributed by atoms with E-state index in [2.05, 4.69) is 42.7 Å². The van der Waals surface area contributed by atoms with Crippen LogP contribution in [0.3, 0.4) is 0 Å². The summed E-state index contributed by atoms with van der Waals surface area (Å²) in [5.74, 6) is 0.436. The van der Waals surface area contributed by atoms with Gasteiger partial charge in [-0.1, -0.05) is 29.3 Å². The molecule has 104 valence electrons. The van der Waals surface area contributed by atoms with Crippen molar-refractivity contribution in [3.05, 3.63) is 34.9 Å². The van der Waals surface area contributed by atoms with Crippen LogP contribution in [0.15, 0.2) is 18.2 Å². The van der Waals surface area contributed by atoms with Gasteiger partial charge in [0.05, 0.1) is 0 Å². The Morgan fingerprint density at radius 3 is 2.47 bits per heavy atom. The third-order valence-electron chi connectivity index (χ3n) is 3.70. The van der Waals surface area contributed by atoms with E-state index in [4.69, 9.17) is 0 Å². The molecule has 0 spiro atoms. The van der Waals surface area contributed by atoms with Crippen LogP contribution < -0.4 is 10.6 Å². The van der Waals surface area contributed by atoms with E-state index in [0.717, 1.165) is 38.9 Å². The predicted molar refractivity (Wildman–Crippen MR) is 78.2 cm³/mol. The summed E-state index contributed by atoms with van der Waals surface area (Å²) in [5, 5.41) is 6.36. The smallest absolute Gasteiger partial charge is 0.223 e. The van der Waals surface area contributed by atoms with Gasteiger partial charge in [0.2, 0.25) is 5.91 Å². The fourth-order valence-electron chi connectivity index (χ4n) is 2.77. The van der Waals surface area contributed by atoms with Crippen LogP contribution in [0.4, 0.5) is 0 Å². The Hall–Kier alpha value is -1.35. The second-order valence-corrected chi connectivity index (χ2v) is 5.56. The number of hydrogen-bond acceptors (Lipinski definition) is 2. The second kappa shape index (κ2) is 6.71. The first-order valence-corrected chi connectivity index (χ1v) is 7.21. The number of amides is 1. The Morgan fingerprint density at radius 1 is 1.21 bits per heavy atom. The highest BCUT2D eigenvalue weighted by molar-refractivity contribution is 5.78. The molecular formula is C16H24N2O. The molecule has 2 N–H and O–H groups in total. The van der Waals surface area contributed by atoms with Crippen molar-refractivity contribution in [3.63, 3.8) is 0 Å². The molecule has 0 bridgehead atoms. The lowest BCUT2D eigenvalue weighted by atomic mass is 9.97. The number of hydrogen-bond donors (Lipinski definition) is 2. The van der Waals surface area contributed by atoms with Gasteiger partial charge in [-0.2, -0.15) is 0 Å². The molecule has 0 unspecified atom stereocenters. The first-order chi connectivity index (χ1) is 9.15. The Labute approximate surface area is 115 Å². The molecule has 1 aromatic rings. The van der Waals surface area contributed by atoms with E-state index < -0.39 is 0 Å². The average Bonchev–Trinajstić information content (AvgIpc) is 2.38. The highest BCUT2D eigenvalue weighted by Gasteiger charge is 2.20. The Kier molecular flexibility index (Phi) is 4.97. The molecule has 0 aliphatic carbocycles. The third-order valence-corrected chi connectivity index (χ3v) is 3.70. The summed E-state index contributed by atoms with van der Waals surface area (Å²) >= 11 is 0. The van der Waals surface area contributed by atoms with Crippen molar-refractivity contribution in [3.8, 4) is 0 Å². The lowest BCUT2D eigenvalue weighted by Gasteiger charge is -2.21. The van der Waals surface area contributed by atoms with Gasteiger partial charge < -0.3 is 10.6 Å². The second-order valence-electron chi connectivity index (χ2n) is 5.56. The van der Waals surface area contributed by atoms with Gasteiger partial charge in [0, 0.05) is 12.5 Å². The fraction of sp³-hybridized carbons (Fsp3) is 0.562. The van der Waals surface area contributed by atoms with Crippen LogP contribution in [0.5, 0.6) is 0 Å². The summed E-state index contributed by atoms with van der Waals surface area (Å²) in [4.78, 5) is 12.0. The van der Waals surface area contributed by atoms with Crippen LogP contribution >= 0.6 is 0 Å². The van der Waals surface area contributed by atoms with Gasteiger partial charge in [-0.15, -0.1) is 0 Å². The molecule has 3 heteroatoms. The standard InChI is InChI=1S/C16H24N2O/c1-12-9-13(2)11-14(10-12)3-8-18-16(19)15-4-6-17-7-5-15/h9-11,15,17H,3-8H2,1-2H3,(H,18,19). The maximum atomic E-state index is 12.0. The Morgan fingerprint density at radius 2 is 1.84 bits per heavy atom. The number of carbonyl (C=O) groups excluding carboxylic acids is 1. The molecule has 1 amide bonds. The summed E-state index contributed by atoms with van der Waals surface area (Å²) in [6.45, 7) is 6.91. The van der Waals surface area contributed by atoms with E-state index in [0.29, 0.717) is 0 Å². The first-order valence-electron chi connectivity index (χ1n) is 7.21. The van der Waals surface area contributed by atoms with Gasteiger partial charge in [0.25, 0.3) is 0 Å². The lowest BCUT2D eigenvalue weighted by Crippen LogP contribution is -2.38. The molecule has 19 heavy (non-hydrogen) atoms. The summed E-state index contributed by atoms with van der Waals surface area (Å²) in [7, 11) is 0. The van der Waals surface area contributed by atoms with E-state index in [-0.39, 0.29) is 11.8 Å². The largest absolute Gasteiger partial charge is 0.356 e. The number of rotatable bonds is 4. The Bertz CT molecular complexity index is 416. The SMILES string of the molecule is Cc1cc(C)cc(CCNC(=O)C2CCNCC2)c1. The number of benzene rings is 1.